The van der Waals surface area contributed by atoms with Crippen molar-refractivity contribution in [1.29, 1.82) is 5.41 Å². The van der Waals surface area contributed by atoms with E-state index in [0.29, 0.717) is 28.5 Å². The highest BCUT2D eigenvalue weighted by molar-refractivity contribution is 6.05. The van der Waals surface area contributed by atoms with Gasteiger partial charge in [0.25, 0.3) is 5.91 Å². The summed E-state index contributed by atoms with van der Waals surface area (Å²) < 4.78 is 16.3. The average Bonchev–Trinajstić information content (AvgIpc) is 3.12. The number of aryl methyl sites for hydroxylation is 1. The standard InChI is InChI=1S/C24H22FN5O/c1-15-12-22(27-24(31)17-10-8-16(9-11-17)23(26)29(2)3)30(28-15)21-14-19-7-5-4-6-18(19)13-20(21)25/h4-14,26H,1-3H3,(H,27,31). The van der Waals surface area contributed by atoms with Gasteiger partial charge in [0, 0.05) is 31.3 Å². The third kappa shape index (κ3) is 4.02. The Labute approximate surface area is 179 Å². The summed E-state index contributed by atoms with van der Waals surface area (Å²) in [6.07, 6.45) is 0. The molecule has 0 radical (unpaired) electrons. The Morgan fingerprint density at radius 3 is 2.26 bits per heavy atom. The van der Waals surface area contributed by atoms with E-state index in [-0.39, 0.29) is 11.6 Å². The molecule has 3 aromatic carbocycles. The maximum atomic E-state index is 14.8. The van der Waals surface area contributed by atoms with Crippen molar-refractivity contribution in [1.82, 2.24) is 14.7 Å². The van der Waals surface area contributed by atoms with E-state index in [2.05, 4.69) is 10.4 Å². The highest BCUT2D eigenvalue weighted by Gasteiger charge is 2.16. The lowest BCUT2D eigenvalue weighted by atomic mass is 10.1. The molecule has 0 spiro atoms. The summed E-state index contributed by atoms with van der Waals surface area (Å²) in [4.78, 5) is 14.5. The molecule has 0 fully saturated rings. The van der Waals surface area contributed by atoms with Crippen molar-refractivity contribution < 1.29 is 9.18 Å². The molecular formula is C24H22FN5O. The van der Waals surface area contributed by atoms with E-state index in [1.807, 2.05) is 24.3 Å². The van der Waals surface area contributed by atoms with E-state index in [1.165, 1.54) is 10.7 Å². The molecule has 1 amide bonds. The number of hydrogen-bond acceptors (Lipinski definition) is 3. The van der Waals surface area contributed by atoms with E-state index in [4.69, 9.17) is 5.41 Å². The van der Waals surface area contributed by atoms with Gasteiger partial charge in [-0.15, -0.1) is 0 Å². The number of amides is 1. The van der Waals surface area contributed by atoms with Crippen LogP contribution in [0.1, 0.15) is 21.6 Å². The van der Waals surface area contributed by atoms with Gasteiger partial charge in [-0.3, -0.25) is 10.2 Å². The molecule has 0 aliphatic rings. The quantitative estimate of drug-likeness (QED) is 0.378. The predicted octanol–water partition coefficient (Wildman–Crippen LogP) is 4.61. The Bertz CT molecular complexity index is 1290. The Morgan fingerprint density at radius 2 is 1.61 bits per heavy atom. The van der Waals surface area contributed by atoms with Gasteiger partial charge < -0.3 is 10.2 Å². The maximum absolute atomic E-state index is 14.8. The van der Waals surface area contributed by atoms with Crippen molar-refractivity contribution in [2.45, 2.75) is 6.92 Å². The third-order valence-corrected chi connectivity index (χ3v) is 4.98. The number of halogens is 1. The van der Waals surface area contributed by atoms with Gasteiger partial charge in [-0.25, -0.2) is 9.07 Å². The number of nitrogens with zero attached hydrogens (tertiary/aromatic N) is 3. The molecule has 7 heteroatoms. The molecule has 4 aromatic rings. The van der Waals surface area contributed by atoms with E-state index in [1.54, 1.807) is 62.3 Å². The predicted molar refractivity (Wildman–Crippen MR) is 121 cm³/mol. The number of benzene rings is 3. The first-order valence-corrected chi connectivity index (χ1v) is 9.76. The second-order valence-electron chi connectivity index (χ2n) is 7.51. The molecule has 0 bridgehead atoms. The van der Waals surface area contributed by atoms with Crippen LogP contribution in [0.25, 0.3) is 16.5 Å². The fraction of sp³-hybridized carbons (Fsp3) is 0.125. The minimum absolute atomic E-state index is 0.261. The number of amidine groups is 1. The van der Waals surface area contributed by atoms with Crippen LogP contribution in [-0.4, -0.2) is 40.5 Å². The van der Waals surface area contributed by atoms with Gasteiger partial charge in [0.2, 0.25) is 0 Å². The van der Waals surface area contributed by atoms with E-state index < -0.39 is 5.82 Å². The van der Waals surface area contributed by atoms with E-state index in [0.717, 1.165) is 10.8 Å². The second kappa shape index (κ2) is 8.02. The molecule has 0 atom stereocenters. The first-order valence-electron chi connectivity index (χ1n) is 9.76. The highest BCUT2D eigenvalue weighted by Crippen LogP contribution is 2.25. The molecule has 0 unspecified atom stereocenters. The van der Waals surface area contributed by atoms with Crippen molar-refractivity contribution >= 4 is 28.3 Å². The van der Waals surface area contributed by atoms with Crippen LogP contribution in [0.15, 0.2) is 66.7 Å². The molecule has 1 heterocycles. The molecule has 4 rings (SSSR count). The Hall–Kier alpha value is -4.00. The molecule has 1 aromatic heterocycles. The number of aromatic nitrogens is 2. The van der Waals surface area contributed by atoms with Crippen LogP contribution in [0.5, 0.6) is 0 Å². The molecular weight excluding hydrogens is 393 g/mol. The van der Waals surface area contributed by atoms with Crippen LogP contribution in [0.4, 0.5) is 10.2 Å². The summed E-state index contributed by atoms with van der Waals surface area (Å²) in [7, 11) is 3.58. The van der Waals surface area contributed by atoms with Crippen LogP contribution in [-0.2, 0) is 0 Å². The molecule has 0 saturated carbocycles. The van der Waals surface area contributed by atoms with Gasteiger partial charge in [-0.2, -0.15) is 5.10 Å². The lowest BCUT2D eigenvalue weighted by Crippen LogP contribution is -2.22. The summed E-state index contributed by atoms with van der Waals surface area (Å²) in [5.74, 6) is -0.0386. The highest BCUT2D eigenvalue weighted by atomic mass is 19.1. The molecule has 0 saturated heterocycles. The SMILES string of the molecule is Cc1cc(NC(=O)c2ccc(C(=N)N(C)C)cc2)n(-c2cc3ccccc3cc2F)n1. The molecule has 31 heavy (non-hydrogen) atoms. The van der Waals surface area contributed by atoms with Crippen molar-refractivity contribution in [3.05, 3.63) is 89.4 Å². The van der Waals surface area contributed by atoms with Crippen LogP contribution in [0.2, 0.25) is 0 Å². The van der Waals surface area contributed by atoms with Crippen molar-refractivity contribution in [2.24, 2.45) is 0 Å². The van der Waals surface area contributed by atoms with E-state index >= 15 is 0 Å². The average molecular weight is 415 g/mol. The monoisotopic (exact) mass is 415 g/mol. The van der Waals surface area contributed by atoms with Crippen molar-refractivity contribution in [3.63, 3.8) is 0 Å². The Morgan fingerprint density at radius 1 is 1.00 bits per heavy atom. The number of rotatable bonds is 4. The number of anilines is 1. The van der Waals surface area contributed by atoms with Gasteiger partial charge in [0.1, 0.15) is 23.2 Å². The third-order valence-electron chi connectivity index (χ3n) is 4.98. The summed E-state index contributed by atoms with van der Waals surface area (Å²) in [5, 5.41) is 16.9. The minimum Gasteiger partial charge on any atom is -0.363 e. The van der Waals surface area contributed by atoms with Gasteiger partial charge in [-0.05, 0) is 42.0 Å². The van der Waals surface area contributed by atoms with Crippen molar-refractivity contribution in [2.75, 3.05) is 19.4 Å². The van der Waals surface area contributed by atoms with Crippen LogP contribution >= 0.6 is 0 Å². The molecule has 2 N–H and O–H groups in total. The van der Waals surface area contributed by atoms with Crippen LogP contribution in [0.3, 0.4) is 0 Å². The van der Waals surface area contributed by atoms with Gasteiger partial charge >= 0.3 is 0 Å². The largest absolute Gasteiger partial charge is 0.363 e. The number of carbonyl (C=O) groups is 1. The first-order chi connectivity index (χ1) is 14.8. The molecule has 0 aliphatic heterocycles. The lowest BCUT2D eigenvalue weighted by Gasteiger charge is -2.14. The second-order valence-corrected chi connectivity index (χ2v) is 7.51. The number of carbonyl (C=O) groups excluding carboxylic acids is 1. The Kier molecular flexibility index (Phi) is 5.25. The first kappa shape index (κ1) is 20.3. The maximum Gasteiger partial charge on any atom is 0.256 e. The number of nitrogens with one attached hydrogen (secondary N) is 2. The summed E-state index contributed by atoms with van der Waals surface area (Å²) in [6, 6.07) is 19.1. The van der Waals surface area contributed by atoms with Gasteiger partial charge in [0.15, 0.2) is 0 Å². The number of hydrogen-bond donors (Lipinski definition) is 2. The fourth-order valence-electron chi connectivity index (χ4n) is 3.36. The van der Waals surface area contributed by atoms with Crippen LogP contribution < -0.4 is 5.32 Å². The zero-order valence-electron chi connectivity index (χ0n) is 17.5. The lowest BCUT2D eigenvalue weighted by molar-refractivity contribution is 0.102. The molecule has 156 valence electrons. The summed E-state index contributed by atoms with van der Waals surface area (Å²) in [5.41, 5.74) is 2.05. The normalized spacial score (nSPS) is 10.8. The number of fused-ring (bicyclic) bond motifs is 1. The fourth-order valence-corrected chi connectivity index (χ4v) is 3.36. The zero-order valence-corrected chi connectivity index (χ0v) is 17.5. The Balaban J connectivity index is 1.65. The molecule has 0 aliphatic carbocycles. The smallest absolute Gasteiger partial charge is 0.256 e. The topological polar surface area (TPSA) is 74.0 Å². The van der Waals surface area contributed by atoms with Gasteiger partial charge in [0.05, 0.1) is 5.69 Å². The minimum atomic E-state index is -0.427. The summed E-state index contributed by atoms with van der Waals surface area (Å²) >= 11 is 0. The zero-order chi connectivity index (χ0) is 22.1. The van der Waals surface area contributed by atoms with Crippen molar-refractivity contribution in [3.8, 4) is 5.69 Å². The van der Waals surface area contributed by atoms with Crippen LogP contribution in [0, 0.1) is 18.2 Å². The molecule has 6 nitrogen and oxygen atoms in total. The summed E-state index contributed by atoms with van der Waals surface area (Å²) in [6.45, 7) is 1.78. The van der Waals surface area contributed by atoms with Gasteiger partial charge in [-0.1, -0.05) is 36.4 Å². The van der Waals surface area contributed by atoms with E-state index in [9.17, 15) is 9.18 Å².